The van der Waals surface area contributed by atoms with Crippen LogP contribution in [0.1, 0.15) is 5.56 Å². The molecule has 1 fully saturated rings. The Kier molecular flexibility index (Phi) is 5.57. The van der Waals surface area contributed by atoms with Gasteiger partial charge >= 0.3 is 0 Å². The van der Waals surface area contributed by atoms with Crippen LogP contribution in [-0.4, -0.2) is 79.3 Å². The van der Waals surface area contributed by atoms with Crippen molar-refractivity contribution in [1.82, 2.24) is 9.80 Å². The minimum Gasteiger partial charge on any atom is -0.348 e. The molecule has 1 aromatic rings. The van der Waals surface area contributed by atoms with Crippen LogP contribution in [0.25, 0.3) is 0 Å². The van der Waals surface area contributed by atoms with Crippen LogP contribution in [0.5, 0.6) is 0 Å². The summed E-state index contributed by atoms with van der Waals surface area (Å²) in [6, 6.07) is 5.87. The molecule has 1 amide bonds. The number of hydrogen-bond acceptors (Lipinski definition) is 6. The van der Waals surface area contributed by atoms with Crippen molar-refractivity contribution < 1.29 is 17.6 Å². The Labute approximate surface area is 157 Å². The Balaban J connectivity index is 1.71. The van der Waals surface area contributed by atoms with E-state index in [1.807, 2.05) is 4.90 Å². The number of amides is 1. The summed E-state index contributed by atoms with van der Waals surface area (Å²) >= 11 is 1.35. The van der Waals surface area contributed by atoms with Crippen molar-refractivity contribution in [2.24, 2.45) is 4.99 Å². The average Bonchev–Trinajstić information content (AvgIpc) is 3.03. The third-order valence-electron chi connectivity index (χ3n) is 4.59. The molecule has 0 bridgehead atoms. The minimum atomic E-state index is -3.08. The van der Waals surface area contributed by atoms with E-state index in [1.54, 1.807) is 26.2 Å². The Hall–Kier alpha value is -1.61. The summed E-state index contributed by atoms with van der Waals surface area (Å²) < 4.78 is 37.0. The molecule has 1 aromatic carbocycles. The lowest BCUT2D eigenvalue weighted by molar-refractivity contribution is -0.125. The van der Waals surface area contributed by atoms with Crippen LogP contribution in [0.4, 0.5) is 4.39 Å². The molecule has 2 aliphatic heterocycles. The fourth-order valence-electron chi connectivity index (χ4n) is 3.13. The van der Waals surface area contributed by atoms with E-state index in [-0.39, 0.29) is 41.1 Å². The average molecular weight is 400 g/mol. The molecule has 0 aliphatic carbocycles. The first kappa shape index (κ1) is 19.2. The molecule has 2 aliphatic rings. The standard InChI is InChI=1S/C17H22FN3O3S2/c1-20(2)16(22)9-25-17-19-14-10-26(23,24)11-15(14)21(17)8-7-12-3-5-13(18)6-4-12/h3-6,14-15H,7-11H2,1-2H3. The Morgan fingerprint density at radius 3 is 2.65 bits per heavy atom. The Morgan fingerprint density at radius 1 is 1.31 bits per heavy atom. The van der Waals surface area contributed by atoms with Crippen LogP contribution in [0.2, 0.25) is 0 Å². The van der Waals surface area contributed by atoms with E-state index in [1.165, 1.54) is 28.8 Å². The summed E-state index contributed by atoms with van der Waals surface area (Å²) in [5.74, 6) is 0.135. The third kappa shape index (κ3) is 4.37. The number of hydrogen-bond donors (Lipinski definition) is 0. The Bertz CT molecular complexity index is 809. The number of aliphatic imine (C=N–C) groups is 1. The molecule has 0 saturated carbocycles. The quantitative estimate of drug-likeness (QED) is 0.740. The fourth-order valence-corrected chi connectivity index (χ4v) is 6.12. The summed E-state index contributed by atoms with van der Waals surface area (Å²) in [6.07, 6.45) is 0.657. The molecule has 0 radical (unpaired) electrons. The molecule has 0 N–H and O–H groups in total. The van der Waals surface area contributed by atoms with E-state index < -0.39 is 9.84 Å². The van der Waals surface area contributed by atoms with Crippen molar-refractivity contribution in [3.05, 3.63) is 35.6 Å². The number of benzene rings is 1. The second-order valence-corrected chi connectivity index (χ2v) is 9.87. The van der Waals surface area contributed by atoms with Gasteiger partial charge in [-0.15, -0.1) is 0 Å². The van der Waals surface area contributed by atoms with Crippen molar-refractivity contribution in [1.29, 1.82) is 0 Å². The molecule has 142 valence electrons. The molecular weight excluding hydrogens is 377 g/mol. The molecule has 0 spiro atoms. The third-order valence-corrected chi connectivity index (χ3v) is 7.28. The zero-order chi connectivity index (χ0) is 18.9. The predicted octanol–water partition coefficient (Wildman–Crippen LogP) is 1.03. The minimum absolute atomic E-state index is 0.0131. The van der Waals surface area contributed by atoms with Crippen LogP contribution in [0.3, 0.4) is 0 Å². The van der Waals surface area contributed by atoms with Crippen LogP contribution in [-0.2, 0) is 21.1 Å². The van der Waals surface area contributed by atoms with Gasteiger partial charge in [0, 0.05) is 20.6 Å². The van der Waals surface area contributed by atoms with Gasteiger partial charge < -0.3 is 9.80 Å². The topological polar surface area (TPSA) is 70.0 Å². The number of amidine groups is 1. The predicted molar refractivity (Wildman–Crippen MR) is 102 cm³/mol. The van der Waals surface area contributed by atoms with Crippen molar-refractivity contribution >= 4 is 32.7 Å². The van der Waals surface area contributed by atoms with E-state index >= 15 is 0 Å². The van der Waals surface area contributed by atoms with Crippen molar-refractivity contribution in [3.63, 3.8) is 0 Å². The number of nitrogens with zero attached hydrogens (tertiary/aromatic N) is 3. The van der Waals surface area contributed by atoms with Crippen LogP contribution in [0.15, 0.2) is 29.3 Å². The maximum Gasteiger partial charge on any atom is 0.232 e. The first-order chi connectivity index (χ1) is 12.2. The zero-order valence-corrected chi connectivity index (χ0v) is 16.4. The Morgan fingerprint density at radius 2 is 2.00 bits per heavy atom. The molecule has 2 unspecified atom stereocenters. The summed E-state index contributed by atoms with van der Waals surface area (Å²) in [4.78, 5) is 20.0. The van der Waals surface area contributed by atoms with Gasteiger partial charge in [-0.25, -0.2) is 12.8 Å². The number of rotatable bonds is 5. The monoisotopic (exact) mass is 399 g/mol. The van der Waals surface area contributed by atoms with Crippen LogP contribution in [0, 0.1) is 5.82 Å². The van der Waals surface area contributed by atoms with Gasteiger partial charge in [-0.2, -0.15) is 0 Å². The molecule has 2 atom stereocenters. The van der Waals surface area contributed by atoms with E-state index in [0.717, 1.165) is 10.7 Å². The molecule has 3 rings (SSSR count). The molecule has 2 heterocycles. The van der Waals surface area contributed by atoms with E-state index in [2.05, 4.69) is 4.99 Å². The number of fused-ring (bicyclic) bond motifs is 1. The maximum atomic E-state index is 13.1. The largest absolute Gasteiger partial charge is 0.348 e. The number of halogens is 1. The highest BCUT2D eigenvalue weighted by atomic mass is 32.2. The summed E-state index contributed by atoms with van der Waals surface area (Å²) in [5.41, 5.74) is 0.976. The van der Waals surface area contributed by atoms with Gasteiger partial charge in [0.05, 0.1) is 29.3 Å². The molecular formula is C17H22FN3O3S2. The van der Waals surface area contributed by atoms with Crippen molar-refractivity contribution in [2.45, 2.75) is 18.5 Å². The maximum absolute atomic E-state index is 13.1. The second-order valence-electron chi connectivity index (χ2n) is 6.77. The molecule has 1 saturated heterocycles. The molecule has 9 heteroatoms. The first-order valence-corrected chi connectivity index (χ1v) is 11.2. The van der Waals surface area contributed by atoms with E-state index in [0.29, 0.717) is 13.0 Å². The zero-order valence-electron chi connectivity index (χ0n) is 14.8. The number of sulfone groups is 1. The summed E-state index contributed by atoms with van der Waals surface area (Å²) in [5, 5.41) is 0.729. The van der Waals surface area contributed by atoms with Gasteiger partial charge in [-0.05, 0) is 24.1 Å². The highest BCUT2D eigenvalue weighted by molar-refractivity contribution is 8.14. The smallest absolute Gasteiger partial charge is 0.232 e. The summed E-state index contributed by atoms with van der Waals surface area (Å²) in [6.45, 7) is 0.588. The van der Waals surface area contributed by atoms with Gasteiger partial charge in [0.2, 0.25) is 5.91 Å². The van der Waals surface area contributed by atoms with Gasteiger partial charge in [-0.3, -0.25) is 9.79 Å². The lowest BCUT2D eigenvalue weighted by atomic mass is 10.1. The molecule has 6 nitrogen and oxygen atoms in total. The van der Waals surface area contributed by atoms with Crippen molar-refractivity contribution in [3.8, 4) is 0 Å². The summed E-state index contributed by atoms with van der Waals surface area (Å²) in [7, 11) is 0.325. The lowest BCUT2D eigenvalue weighted by Crippen LogP contribution is -2.40. The van der Waals surface area contributed by atoms with E-state index in [9.17, 15) is 17.6 Å². The highest BCUT2D eigenvalue weighted by Crippen LogP contribution is 2.31. The van der Waals surface area contributed by atoms with E-state index in [4.69, 9.17) is 0 Å². The number of carbonyl (C=O) groups is 1. The molecule has 0 aromatic heterocycles. The second kappa shape index (κ2) is 7.56. The highest BCUT2D eigenvalue weighted by Gasteiger charge is 2.46. The SMILES string of the molecule is CN(C)C(=O)CSC1=NC2CS(=O)(=O)CC2N1CCc1ccc(F)cc1. The van der Waals surface area contributed by atoms with Gasteiger partial charge in [0.1, 0.15) is 5.82 Å². The van der Waals surface area contributed by atoms with Gasteiger partial charge in [0.15, 0.2) is 15.0 Å². The fraction of sp³-hybridized carbons (Fsp3) is 0.529. The number of carbonyl (C=O) groups excluding carboxylic acids is 1. The number of thioether (sulfide) groups is 1. The first-order valence-electron chi connectivity index (χ1n) is 8.37. The molecule has 26 heavy (non-hydrogen) atoms. The van der Waals surface area contributed by atoms with Crippen LogP contribution < -0.4 is 0 Å². The van der Waals surface area contributed by atoms with Gasteiger partial charge in [-0.1, -0.05) is 23.9 Å². The normalized spacial score (nSPS) is 23.7. The van der Waals surface area contributed by atoms with Gasteiger partial charge in [0.25, 0.3) is 0 Å². The lowest BCUT2D eigenvalue weighted by Gasteiger charge is -2.26. The van der Waals surface area contributed by atoms with Crippen LogP contribution >= 0.6 is 11.8 Å². The van der Waals surface area contributed by atoms with Crippen molar-refractivity contribution in [2.75, 3.05) is 37.9 Å².